The van der Waals surface area contributed by atoms with Gasteiger partial charge in [0, 0.05) is 39.6 Å². The number of hydrogen-bond acceptors (Lipinski definition) is 3. The Morgan fingerprint density at radius 3 is 2.60 bits per heavy atom. The van der Waals surface area contributed by atoms with Crippen LogP contribution in [0, 0.1) is 4.77 Å². The molecule has 0 bridgehead atoms. The van der Waals surface area contributed by atoms with E-state index in [4.69, 9.17) is 12.2 Å². The third-order valence-electron chi connectivity index (χ3n) is 5.35. The van der Waals surface area contributed by atoms with E-state index in [2.05, 4.69) is 38.9 Å². The molecule has 6 nitrogen and oxygen atoms in total. The van der Waals surface area contributed by atoms with Gasteiger partial charge in [-0.25, -0.2) is 0 Å². The number of amides is 1. The summed E-state index contributed by atoms with van der Waals surface area (Å²) in [5.41, 5.74) is 3.71. The van der Waals surface area contributed by atoms with Gasteiger partial charge < -0.3 is 14.9 Å². The van der Waals surface area contributed by atoms with E-state index in [0.29, 0.717) is 22.2 Å². The number of carbonyl (C=O) groups is 1. The fourth-order valence-corrected chi connectivity index (χ4v) is 4.19. The van der Waals surface area contributed by atoms with E-state index in [1.807, 2.05) is 30.3 Å². The topological polar surface area (TPSA) is 82.7 Å². The van der Waals surface area contributed by atoms with Gasteiger partial charge in [-0.2, -0.15) is 0 Å². The standard InChI is InChI=1S/C23H18N4O2S/c1-2-27-19-6-4-3-5-15(19)17-12-14(8-10-20(17)27)24-21(28)13-7-9-16-18(11-13)25-23(30)26-22(16)29/h3-12H,2H2,1H3,(H,24,28)(H2,25,26,29,30). The number of nitrogens with zero attached hydrogens (tertiary/aromatic N) is 1. The summed E-state index contributed by atoms with van der Waals surface area (Å²) in [6, 6.07) is 19.1. The Labute approximate surface area is 176 Å². The molecule has 30 heavy (non-hydrogen) atoms. The molecule has 0 spiro atoms. The van der Waals surface area contributed by atoms with Crippen molar-refractivity contribution in [1.82, 2.24) is 14.5 Å². The molecule has 1 amide bonds. The van der Waals surface area contributed by atoms with Gasteiger partial charge in [-0.05, 0) is 61.6 Å². The van der Waals surface area contributed by atoms with Crippen molar-refractivity contribution < 1.29 is 4.79 Å². The fraction of sp³-hybridized carbons (Fsp3) is 0.0870. The van der Waals surface area contributed by atoms with Crippen LogP contribution in [0.4, 0.5) is 5.69 Å². The number of hydrogen-bond donors (Lipinski definition) is 3. The average molecular weight is 414 g/mol. The first-order valence-corrected chi connectivity index (χ1v) is 10.0. The number of aromatic amines is 2. The number of rotatable bonds is 3. The molecule has 148 valence electrons. The van der Waals surface area contributed by atoms with Crippen molar-refractivity contribution in [3.8, 4) is 0 Å². The van der Waals surface area contributed by atoms with E-state index < -0.39 is 0 Å². The lowest BCUT2D eigenvalue weighted by Gasteiger charge is -2.08. The van der Waals surface area contributed by atoms with Crippen LogP contribution in [0.2, 0.25) is 0 Å². The minimum atomic E-state index is -0.279. The largest absolute Gasteiger partial charge is 0.341 e. The highest BCUT2D eigenvalue weighted by Gasteiger charge is 2.12. The van der Waals surface area contributed by atoms with Gasteiger partial charge in [-0.15, -0.1) is 0 Å². The quantitative estimate of drug-likeness (QED) is 0.365. The Morgan fingerprint density at radius 2 is 1.77 bits per heavy atom. The van der Waals surface area contributed by atoms with Crippen LogP contribution in [0.15, 0.2) is 65.5 Å². The Bertz CT molecular complexity index is 1580. The second-order valence-electron chi connectivity index (χ2n) is 7.12. The molecule has 0 atom stereocenters. The van der Waals surface area contributed by atoms with Crippen molar-refractivity contribution in [1.29, 1.82) is 0 Å². The normalized spacial score (nSPS) is 11.4. The van der Waals surface area contributed by atoms with Crippen molar-refractivity contribution in [3.63, 3.8) is 0 Å². The molecule has 0 aliphatic carbocycles. The van der Waals surface area contributed by atoms with Gasteiger partial charge in [-0.1, -0.05) is 18.2 Å². The molecule has 0 saturated heterocycles. The summed E-state index contributed by atoms with van der Waals surface area (Å²) in [6.07, 6.45) is 0. The third kappa shape index (κ3) is 2.91. The molecule has 0 unspecified atom stereocenters. The number of carbonyl (C=O) groups excluding carboxylic acids is 1. The molecule has 3 aromatic carbocycles. The van der Waals surface area contributed by atoms with Crippen LogP contribution in [-0.4, -0.2) is 20.4 Å². The van der Waals surface area contributed by atoms with Gasteiger partial charge >= 0.3 is 0 Å². The van der Waals surface area contributed by atoms with E-state index in [-0.39, 0.29) is 16.2 Å². The summed E-state index contributed by atoms with van der Waals surface area (Å²) in [6.45, 7) is 2.99. The predicted octanol–water partition coefficient (Wildman–Crippen LogP) is 4.97. The lowest BCUT2D eigenvalue weighted by atomic mass is 10.1. The summed E-state index contributed by atoms with van der Waals surface area (Å²) in [5.74, 6) is -0.255. The number of fused-ring (bicyclic) bond motifs is 4. The fourth-order valence-electron chi connectivity index (χ4n) is 3.99. The highest BCUT2D eigenvalue weighted by molar-refractivity contribution is 7.71. The minimum absolute atomic E-state index is 0.225. The van der Waals surface area contributed by atoms with Gasteiger partial charge in [0.05, 0.1) is 10.9 Å². The molecule has 0 aliphatic heterocycles. The molecule has 5 rings (SSSR count). The van der Waals surface area contributed by atoms with Crippen LogP contribution in [0.25, 0.3) is 32.7 Å². The number of nitrogens with one attached hydrogen (secondary N) is 3. The Morgan fingerprint density at radius 1 is 0.967 bits per heavy atom. The van der Waals surface area contributed by atoms with Crippen molar-refractivity contribution in [2.45, 2.75) is 13.5 Å². The molecular weight excluding hydrogens is 396 g/mol. The number of anilines is 1. The molecule has 5 aromatic rings. The maximum atomic E-state index is 12.8. The lowest BCUT2D eigenvalue weighted by molar-refractivity contribution is 0.102. The first-order valence-electron chi connectivity index (χ1n) is 9.64. The molecule has 0 fully saturated rings. The van der Waals surface area contributed by atoms with Crippen LogP contribution in [0.5, 0.6) is 0 Å². The zero-order valence-electron chi connectivity index (χ0n) is 16.2. The molecule has 0 aliphatic rings. The monoisotopic (exact) mass is 414 g/mol. The lowest BCUT2D eigenvalue weighted by Crippen LogP contribution is -2.13. The van der Waals surface area contributed by atoms with Crippen LogP contribution in [0.1, 0.15) is 17.3 Å². The number of aryl methyl sites for hydroxylation is 1. The number of aromatic nitrogens is 3. The molecule has 3 N–H and O–H groups in total. The van der Waals surface area contributed by atoms with Crippen LogP contribution in [0.3, 0.4) is 0 Å². The summed E-state index contributed by atoms with van der Waals surface area (Å²) in [4.78, 5) is 30.3. The Balaban J connectivity index is 1.55. The maximum absolute atomic E-state index is 12.8. The first kappa shape index (κ1) is 18.3. The van der Waals surface area contributed by atoms with Crippen molar-refractivity contribution in [2.24, 2.45) is 0 Å². The van der Waals surface area contributed by atoms with E-state index in [0.717, 1.165) is 22.8 Å². The third-order valence-corrected chi connectivity index (χ3v) is 5.55. The van der Waals surface area contributed by atoms with Gasteiger partial charge in [-0.3, -0.25) is 14.6 Å². The zero-order valence-corrected chi connectivity index (χ0v) is 17.0. The minimum Gasteiger partial charge on any atom is -0.341 e. The van der Waals surface area contributed by atoms with Gasteiger partial charge in [0.15, 0.2) is 4.77 Å². The molecule has 2 aromatic heterocycles. The average Bonchev–Trinajstić information content (AvgIpc) is 3.06. The Hall–Kier alpha value is -3.71. The van der Waals surface area contributed by atoms with E-state index in [1.54, 1.807) is 18.2 Å². The number of benzene rings is 3. The Kier molecular flexibility index (Phi) is 4.25. The maximum Gasteiger partial charge on any atom is 0.259 e. The SMILES string of the molecule is CCn1c2ccccc2c2cc(NC(=O)c3ccc4c(=O)[nH]c(=S)[nH]c4c3)ccc21. The summed E-state index contributed by atoms with van der Waals surface area (Å²) in [5, 5.41) is 5.67. The molecule has 2 heterocycles. The second-order valence-corrected chi connectivity index (χ2v) is 7.52. The van der Waals surface area contributed by atoms with Crippen molar-refractivity contribution >= 4 is 56.5 Å². The molecule has 0 saturated carbocycles. The summed E-state index contributed by atoms with van der Waals surface area (Å²) in [7, 11) is 0. The van der Waals surface area contributed by atoms with Gasteiger partial charge in [0.2, 0.25) is 0 Å². The second kappa shape index (κ2) is 6.96. The number of para-hydroxylation sites is 1. The zero-order chi connectivity index (χ0) is 20.8. The van der Waals surface area contributed by atoms with E-state index in [1.165, 1.54) is 5.52 Å². The van der Waals surface area contributed by atoms with Gasteiger partial charge in [0.1, 0.15) is 0 Å². The van der Waals surface area contributed by atoms with Crippen LogP contribution in [-0.2, 0) is 6.54 Å². The number of H-pyrrole nitrogens is 2. The van der Waals surface area contributed by atoms with Gasteiger partial charge in [0.25, 0.3) is 11.5 Å². The van der Waals surface area contributed by atoms with Crippen LogP contribution >= 0.6 is 12.2 Å². The summed E-state index contributed by atoms with van der Waals surface area (Å²) < 4.78 is 2.49. The van der Waals surface area contributed by atoms with E-state index in [9.17, 15) is 9.59 Å². The van der Waals surface area contributed by atoms with Crippen molar-refractivity contribution in [3.05, 3.63) is 81.4 Å². The smallest absolute Gasteiger partial charge is 0.259 e. The first-order chi connectivity index (χ1) is 14.5. The van der Waals surface area contributed by atoms with E-state index >= 15 is 0 Å². The van der Waals surface area contributed by atoms with Crippen LogP contribution < -0.4 is 10.9 Å². The van der Waals surface area contributed by atoms with Crippen molar-refractivity contribution in [2.75, 3.05) is 5.32 Å². The highest BCUT2D eigenvalue weighted by Crippen LogP contribution is 2.31. The highest BCUT2D eigenvalue weighted by atomic mass is 32.1. The molecule has 0 radical (unpaired) electrons. The molecular formula is C23H18N4O2S. The summed E-state index contributed by atoms with van der Waals surface area (Å²) >= 11 is 5.02. The predicted molar refractivity (Wildman–Crippen MR) is 123 cm³/mol. The molecule has 7 heteroatoms.